The van der Waals surface area contributed by atoms with Crippen LogP contribution in [0.15, 0.2) is 18.2 Å². The highest BCUT2D eigenvalue weighted by atomic mass is 19.4. The number of ether oxygens (including phenoxy) is 1. The summed E-state index contributed by atoms with van der Waals surface area (Å²) in [5.41, 5.74) is 1.52. The van der Waals surface area contributed by atoms with E-state index < -0.39 is 18.0 Å². The van der Waals surface area contributed by atoms with E-state index in [4.69, 9.17) is 4.74 Å². The van der Waals surface area contributed by atoms with Crippen molar-refractivity contribution in [1.82, 2.24) is 4.90 Å². The predicted molar refractivity (Wildman–Crippen MR) is 74.7 cm³/mol. The largest absolute Gasteiger partial charge is 0.496 e. The number of methoxy groups -OCH3 is 1. The number of likely N-dealkylation sites (N-methyl/N-ethyl adjacent to an activating group) is 1. The van der Waals surface area contributed by atoms with Crippen molar-refractivity contribution in [2.45, 2.75) is 32.4 Å². The quantitative estimate of drug-likeness (QED) is 0.741. The van der Waals surface area contributed by atoms with Crippen molar-refractivity contribution in [3.63, 3.8) is 0 Å². The monoisotopic (exact) mass is 339 g/mol. The Balaban J connectivity index is 2.81. The maximum absolute atomic E-state index is 13.1. The Morgan fingerprint density at radius 3 is 2.26 bits per heavy atom. The van der Waals surface area contributed by atoms with Crippen molar-refractivity contribution in [1.29, 1.82) is 0 Å². The fourth-order valence-electron chi connectivity index (χ4n) is 2.08. The summed E-state index contributed by atoms with van der Waals surface area (Å²) < 4.78 is 68.1. The summed E-state index contributed by atoms with van der Waals surface area (Å²) in [6, 6.07) is 5.08. The van der Waals surface area contributed by atoms with Gasteiger partial charge in [0.1, 0.15) is 5.75 Å². The average Bonchev–Trinajstić information content (AvgIpc) is 2.46. The summed E-state index contributed by atoms with van der Waals surface area (Å²) >= 11 is 0. The van der Waals surface area contributed by atoms with E-state index in [2.05, 4.69) is 0 Å². The first-order valence-corrected chi connectivity index (χ1v) is 6.92. The van der Waals surface area contributed by atoms with Crippen molar-refractivity contribution in [3.05, 3.63) is 29.3 Å². The smallest absolute Gasteiger partial charge is 0.463 e. The van der Waals surface area contributed by atoms with E-state index in [-0.39, 0.29) is 19.5 Å². The molecule has 0 N–H and O–H groups in total. The van der Waals surface area contributed by atoms with Crippen molar-refractivity contribution < 1.29 is 31.5 Å². The third-order valence-corrected chi connectivity index (χ3v) is 3.42. The standard InChI is InChI=1S/C15H18F5NO2/c1-4-21(13(22)14(16,17)15(18,19)20)8-7-11-5-6-12(23-3)10(2)9-11/h5-6,9H,4,7-8H2,1-3H3. The van der Waals surface area contributed by atoms with Gasteiger partial charge in [0, 0.05) is 13.1 Å². The van der Waals surface area contributed by atoms with Gasteiger partial charge >= 0.3 is 18.0 Å². The second kappa shape index (κ2) is 7.14. The molecule has 1 amide bonds. The summed E-state index contributed by atoms with van der Waals surface area (Å²) in [4.78, 5) is 12.0. The van der Waals surface area contributed by atoms with E-state index in [9.17, 15) is 26.7 Å². The molecule has 0 bridgehead atoms. The van der Waals surface area contributed by atoms with Gasteiger partial charge in [-0.2, -0.15) is 22.0 Å². The molecule has 3 nitrogen and oxygen atoms in total. The Bertz CT molecular complexity index is 557. The first kappa shape index (κ1) is 19.2. The Kier molecular flexibility index (Phi) is 5.96. The van der Waals surface area contributed by atoms with Crippen LogP contribution in [0.1, 0.15) is 18.1 Å². The Hall–Kier alpha value is -1.86. The minimum Gasteiger partial charge on any atom is -0.496 e. The second-order valence-corrected chi connectivity index (χ2v) is 5.01. The number of carbonyl (C=O) groups excluding carboxylic acids is 1. The van der Waals surface area contributed by atoms with Crippen molar-refractivity contribution >= 4 is 5.91 Å². The third kappa shape index (κ3) is 4.33. The maximum atomic E-state index is 13.1. The maximum Gasteiger partial charge on any atom is 0.463 e. The molecule has 23 heavy (non-hydrogen) atoms. The number of aryl methyl sites for hydroxylation is 1. The molecule has 0 spiro atoms. The molecule has 1 aromatic rings. The first-order chi connectivity index (χ1) is 10.5. The lowest BCUT2D eigenvalue weighted by Crippen LogP contribution is -2.52. The number of hydrogen-bond acceptors (Lipinski definition) is 2. The molecule has 1 aromatic carbocycles. The van der Waals surface area contributed by atoms with Crippen molar-refractivity contribution in [2.24, 2.45) is 0 Å². The minimum absolute atomic E-state index is 0.165. The summed E-state index contributed by atoms with van der Waals surface area (Å²) in [6.07, 6.45) is -5.73. The molecule has 130 valence electrons. The predicted octanol–water partition coefficient (Wildman–Crippen LogP) is 3.59. The van der Waals surface area contributed by atoms with Gasteiger partial charge in [0.2, 0.25) is 0 Å². The summed E-state index contributed by atoms with van der Waals surface area (Å²) in [7, 11) is 1.50. The molecule has 1 rings (SSSR count). The second-order valence-electron chi connectivity index (χ2n) is 5.01. The highest BCUT2D eigenvalue weighted by molar-refractivity contribution is 5.84. The van der Waals surface area contributed by atoms with Crippen LogP contribution in [0, 0.1) is 6.92 Å². The van der Waals surface area contributed by atoms with E-state index in [1.54, 1.807) is 25.1 Å². The Labute approximate surface area is 131 Å². The lowest BCUT2D eigenvalue weighted by molar-refractivity contribution is -0.274. The van der Waals surface area contributed by atoms with Crippen LogP contribution < -0.4 is 4.74 Å². The Morgan fingerprint density at radius 1 is 1.22 bits per heavy atom. The molecule has 0 aliphatic carbocycles. The number of rotatable bonds is 6. The van der Waals surface area contributed by atoms with Crippen LogP contribution in [0.5, 0.6) is 5.75 Å². The normalized spacial score (nSPS) is 12.2. The number of nitrogens with zero attached hydrogens (tertiary/aromatic N) is 1. The van der Waals surface area contributed by atoms with E-state index in [0.717, 1.165) is 5.56 Å². The Morgan fingerprint density at radius 2 is 1.83 bits per heavy atom. The SMILES string of the molecule is CCN(CCc1ccc(OC)c(C)c1)C(=O)C(F)(F)C(F)(F)F. The van der Waals surface area contributed by atoms with E-state index in [1.165, 1.54) is 14.0 Å². The van der Waals surface area contributed by atoms with Gasteiger partial charge in [-0.1, -0.05) is 12.1 Å². The van der Waals surface area contributed by atoms with Gasteiger partial charge in [0.25, 0.3) is 0 Å². The molecule has 0 aliphatic rings. The molecule has 0 saturated heterocycles. The first-order valence-electron chi connectivity index (χ1n) is 6.92. The van der Waals surface area contributed by atoms with Gasteiger partial charge < -0.3 is 9.64 Å². The van der Waals surface area contributed by atoms with Gasteiger partial charge in [-0.15, -0.1) is 0 Å². The molecule has 0 aromatic heterocycles. The van der Waals surface area contributed by atoms with Gasteiger partial charge in [-0.3, -0.25) is 4.79 Å². The molecule has 0 aliphatic heterocycles. The average molecular weight is 339 g/mol. The van der Waals surface area contributed by atoms with E-state index in [0.29, 0.717) is 16.2 Å². The van der Waals surface area contributed by atoms with Crippen molar-refractivity contribution in [2.75, 3.05) is 20.2 Å². The van der Waals surface area contributed by atoms with Crippen LogP contribution in [-0.4, -0.2) is 43.1 Å². The minimum atomic E-state index is -5.89. The third-order valence-electron chi connectivity index (χ3n) is 3.42. The van der Waals surface area contributed by atoms with Crippen LogP contribution in [-0.2, 0) is 11.2 Å². The molecule has 0 heterocycles. The highest BCUT2D eigenvalue weighted by Crippen LogP contribution is 2.36. The zero-order valence-electron chi connectivity index (χ0n) is 13.0. The number of alkyl halides is 5. The van der Waals surface area contributed by atoms with Gasteiger partial charge in [-0.05, 0) is 37.5 Å². The molecule has 0 radical (unpaired) electrons. The van der Waals surface area contributed by atoms with Crippen LogP contribution in [0.2, 0.25) is 0 Å². The number of hydrogen-bond donors (Lipinski definition) is 0. The summed E-state index contributed by atoms with van der Waals surface area (Å²) in [5.74, 6) is -6.96. The molecular weight excluding hydrogens is 321 g/mol. The summed E-state index contributed by atoms with van der Waals surface area (Å²) in [6.45, 7) is 2.67. The highest BCUT2D eigenvalue weighted by Gasteiger charge is 2.64. The number of amides is 1. The molecular formula is C15H18F5NO2. The molecule has 0 atom stereocenters. The number of halogens is 5. The summed E-state index contributed by atoms with van der Waals surface area (Å²) in [5, 5.41) is 0. The van der Waals surface area contributed by atoms with Crippen molar-refractivity contribution in [3.8, 4) is 5.75 Å². The van der Waals surface area contributed by atoms with Crippen LogP contribution in [0.3, 0.4) is 0 Å². The van der Waals surface area contributed by atoms with E-state index in [1.807, 2.05) is 0 Å². The molecule has 0 unspecified atom stereocenters. The topological polar surface area (TPSA) is 29.5 Å². The molecule has 8 heteroatoms. The zero-order valence-corrected chi connectivity index (χ0v) is 13.0. The van der Waals surface area contributed by atoms with Gasteiger partial charge in [0.05, 0.1) is 7.11 Å². The zero-order chi connectivity index (χ0) is 17.8. The number of benzene rings is 1. The van der Waals surface area contributed by atoms with E-state index >= 15 is 0 Å². The molecule has 0 fully saturated rings. The number of carbonyl (C=O) groups is 1. The van der Waals surface area contributed by atoms with Crippen LogP contribution >= 0.6 is 0 Å². The lowest BCUT2D eigenvalue weighted by Gasteiger charge is -2.27. The van der Waals surface area contributed by atoms with Gasteiger partial charge in [0.15, 0.2) is 0 Å². The van der Waals surface area contributed by atoms with Crippen LogP contribution in [0.25, 0.3) is 0 Å². The lowest BCUT2D eigenvalue weighted by atomic mass is 10.1. The fourth-order valence-corrected chi connectivity index (χ4v) is 2.08. The van der Waals surface area contributed by atoms with Gasteiger partial charge in [-0.25, -0.2) is 0 Å². The fraction of sp³-hybridized carbons (Fsp3) is 0.533. The van der Waals surface area contributed by atoms with Crippen LogP contribution in [0.4, 0.5) is 22.0 Å². The molecule has 0 saturated carbocycles.